The van der Waals surface area contributed by atoms with E-state index in [1.165, 1.54) is 0 Å². The van der Waals surface area contributed by atoms with Crippen molar-refractivity contribution in [2.45, 2.75) is 45.8 Å². The van der Waals surface area contributed by atoms with E-state index in [4.69, 9.17) is 37.7 Å². The molecule has 0 aliphatic heterocycles. The van der Waals surface area contributed by atoms with Gasteiger partial charge in [-0.05, 0) is 45.9 Å². The van der Waals surface area contributed by atoms with Gasteiger partial charge in [-0.25, -0.2) is 14.6 Å². The third kappa shape index (κ3) is 7.17. The number of esters is 1. The first-order valence-electron chi connectivity index (χ1n) is 10.6. The molecule has 2 aromatic rings. The van der Waals surface area contributed by atoms with E-state index in [1.54, 1.807) is 27.7 Å². The van der Waals surface area contributed by atoms with Gasteiger partial charge in [-0.2, -0.15) is 0 Å². The van der Waals surface area contributed by atoms with Gasteiger partial charge in [0.05, 0.1) is 17.6 Å². The number of carbonyl (C=O) groups excluding carboxylic acids is 2. The molecule has 10 heteroatoms. The van der Waals surface area contributed by atoms with Gasteiger partial charge in [-0.15, -0.1) is 23.2 Å². The van der Waals surface area contributed by atoms with Crippen molar-refractivity contribution in [3.63, 3.8) is 0 Å². The number of halogens is 2. The zero-order chi connectivity index (χ0) is 23.9. The van der Waals surface area contributed by atoms with Crippen LogP contribution in [0.15, 0.2) is 18.2 Å². The number of rotatable bonds is 10. The van der Waals surface area contributed by atoms with E-state index in [2.05, 4.69) is 10.2 Å². The van der Waals surface area contributed by atoms with E-state index in [0.29, 0.717) is 30.7 Å². The minimum atomic E-state index is -0.927. The van der Waals surface area contributed by atoms with Crippen molar-refractivity contribution in [2.24, 2.45) is 7.05 Å². The maximum absolute atomic E-state index is 12.5. The van der Waals surface area contributed by atoms with Gasteiger partial charge >= 0.3 is 12.1 Å². The third-order valence-corrected chi connectivity index (χ3v) is 5.02. The molecular weight excluding hydrogens is 455 g/mol. The van der Waals surface area contributed by atoms with Crippen molar-refractivity contribution >= 4 is 52.0 Å². The summed E-state index contributed by atoms with van der Waals surface area (Å²) < 4.78 is 12.3. The fourth-order valence-corrected chi connectivity index (χ4v) is 3.67. The van der Waals surface area contributed by atoms with E-state index < -0.39 is 23.7 Å². The Balaban J connectivity index is 2.30. The quantitative estimate of drug-likeness (QED) is 0.405. The molecular formula is C22H32Cl2N4O4. The summed E-state index contributed by atoms with van der Waals surface area (Å²) in [6.07, 6.45) is -0.527. The molecule has 1 aromatic heterocycles. The molecule has 8 nitrogen and oxygen atoms in total. The van der Waals surface area contributed by atoms with E-state index in [0.717, 1.165) is 16.7 Å². The molecule has 1 N–H and O–H groups in total. The topological polar surface area (TPSA) is 85.7 Å². The second-order valence-corrected chi connectivity index (χ2v) is 9.04. The minimum absolute atomic E-state index is 0.158. The second kappa shape index (κ2) is 11.6. The third-order valence-electron chi connectivity index (χ3n) is 4.68. The van der Waals surface area contributed by atoms with Crippen molar-refractivity contribution in [2.75, 3.05) is 36.4 Å². The van der Waals surface area contributed by atoms with Crippen molar-refractivity contribution in [3.05, 3.63) is 24.0 Å². The summed E-state index contributed by atoms with van der Waals surface area (Å²) in [4.78, 5) is 31.6. The molecule has 2 rings (SSSR count). The first-order valence-corrected chi connectivity index (χ1v) is 11.6. The Morgan fingerprint density at radius 2 is 1.88 bits per heavy atom. The van der Waals surface area contributed by atoms with Crippen LogP contribution in [0.4, 0.5) is 10.5 Å². The van der Waals surface area contributed by atoms with Crippen LogP contribution in [0.1, 0.15) is 33.5 Å². The fraction of sp³-hybridized carbons (Fsp3) is 0.591. The standard InChI is InChI=1S/C22H32Cl2N4O4/c1-6-31-20(29)17(26-21(30)32-22(2,3)4)14-19-25-16-13-15(7-8-18(16)27(19)5)28(11-9-23)12-10-24/h7-8,13,17H,6,9-12,14H2,1-5H3,(H,26,30). The molecule has 1 aromatic carbocycles. The van der Waals surface area contributed by atoms with Gasteiger partial charge in [0.15, 0.2) is 0 Å². The van der Waals surface area contributed by atoms with Crippen molar-refractivity contribution in [1.82, 2.24) is 14.9 Å². The number of carbonyl (C=O) groups is 2. The molecule has 0 aliphatic rings. The average molecular weight is 487 g/mol. The van der Waals surface area contributed by atoms with Crippen molar-refractivity contribution < 1.29 is 19.1 Å². The molecule has 0 aliphatic carbocycles. The van der Waals surface area contributed by atoms with Crippen molar-refractivity contribution in [3.8, 4) is 0 Å². The number of fused-ring (bicyclic) bond motifs is 1. The Morgan fingerprint density at radius 1 is 1.22 bits per heavy atom. The molecule has 0 saturated heterocycles. The van der Waals surface area contributed by atoms with E-state index in [9.17, 15) is 9.59 Å². The minimum Gasteiger partial charge on any atom is -0.464 e. The van der Waals surface area contributed by atoms with Crippen LogP contribution in [0.2, 0.25) is 0 Å². The fourth-order valence-electron chi connectivity index (χ4n) is 3.26. The Labute approximate surface area is 199 Å². The molecule has 32 heavy (non-hydrogen) atoms. The number of ether oxygens (including phenoxy) is 2. The van der Waals surface area contributed by atoms with Gasteiger partial charge in [0, 0.05) is 44.0 Å². The van der Waals surface area contributed by atoms with Crippen LogP contribution in [-0.2, 0) is 27.7 Å². The number of alkyl halides is 2. The van der Waals surface area contributed by atoms with Gasteiger partial charge in [0.25, 0.3) is 0 Å². The lowest BCUT2D eigenvalue weighted by atomic mass is 10.2. The molecule has 0 bridgehead atoms. The lowest BCUT2D eigenvalue weighted by Crippen LogP contribution is -2.45. The maximum Gasteiger partial charge on any atom is 0.408 e. The van der Waals surface area contributed by atoms with Crippen LogP contribution in [0, 0.1) is 0 Å². The first kappa shape index (κ1) is 26.1. The average Bonchev–Trinajstić information content (AvgIpc) is 3.01. The summed E-state index contributed by atoms with van der Waals surface area (Å²) in [5.74, 6) is 1.06. The van der Waals surface area contributed by atoms with Gasteiger partial charge in [0.2, 0.25) is 0 Å². The van der Waals surface area contributed by atoms with E-state index in [1.807, 2.05) is 29.8 Å². The van der Waals surface area contributed by atoms with Gasteiger partial charge in [0.1, 0.15) is 17.5 Å². The summed E-state index contributed by atoms with van der Waals surface area (Å²) in [5, 5.41) is 2.61. The number of hydrogen-bond acceptors (Lipinski definition) is 6. The number of amides is 1. The Hall–Kier alpha value is -2.19. The first-order chi connectivity index (χ1) is 15.1. The smallest absolute Gasteiger partial charge is 0.408 e. The van der Waals surface area contributed by atoms with Gasteiger partial charge < -0.3 is 24.3 Å². The summed E-state index contributed by atoms with van der Waals surface area (Å²) in [6, 6.07) is 5.01. The predicted octanol–water partition coefficient (Wildman–Crippen LogP) is 3.86. The summed E-state index contributed by atoms with van der Waals surface area (Å²) in [5.41, 5.74) is 1.96. The largest absolute Gasteiger partial charge is 0.464 e. The summed E-state index contributed by atoms with van der Waals surface area (Å²) in [6.45, 7) is 8.53. The van der Waals surface area contributed by atoms with E-state index >= 15 is 0 Å². The number of hydrogen-bond donors (Lipinski definition) is 1. The zero-order valence-corrected chi connectivity index (χ0v) is 20.8. The van der Waals surface area contributed by atoms with Crippen LogP contribution < -0.4 is 10.2 Å². The molecule has 0 fully saturated rings. The number of benzene rings is 1. The normalized spacial score (nSPS) is 12.5. The number of aromatic nitrogens is 2. The van der Waals surface area contributed by atoms with Crippen LogP contribution >= 0.6 is 23.2 Å². The maximum atomic E-state index is 12.5. The molecule has 1 unspecified atom stereocenters. The highest BCUT2D eigenvalue weighted by Crippen LogP contribution is 2.23. The van der Waals surface area contributed by atoms with Crippen LogP contribution in [-0.4, -0.2) is 64.7 Å². The monoisotopic (exact) mass is 486 g/mol. The zero-order valence-electron chi connectivity index (χ0n) is 19.3. The van der Waals surface area contributed by atoms with Gasteiger partial charge in [-0.1, -0.05) is 0 Å². The Kier molecular flexibility index (Phi) is 9.46. The van der Waals surface area contributed by atoms with Crippen LogP contribution in [0.5, 0.6) is 0 Å². The number of nitrogens with zero attached hydrogens (tertiary/aromatic N) is 3. The molecule has 0 saturated carbocycles. The summed E-state index contributed by atoms with van der Waals surface area (Å²) in [7, 11) is 1.87. The number of nitrogens with one attached hydrogen (secondary N) is 1. The Morgan fingerprint density at radius 3 is 2.44 bits per heavy atom. The number of imidazole rings is 1. The number of alkyl carbamates (subject to hydrolysis) is 1. The lowest BCUT2D eigenvalue weighted by Gasteiger charge is -2.22. The molecule has 0 spiro atoms. The Bertz CT molecular complexity index is 921. The highest BCUT2D eigenvalue weighted by atomic mass is 35.5. The SMILES string of the molecule is CCOC(=O)C(Cc1nc2cc(N(CCCl)CCCl)ccc2n1C)NC(=O)OC(C)(C)C. The number of aryl methyl sites for hydroxylation is 1. The second-order valence-electron chi connectivity index (χ2n) is 8.28. The molecule has 178 valence electrons. The van der Waals surface area contributed by atoms with Gasteiger partial charge in [-0.3, -0.25) is 0 Å². The van der Waals surface area contributed by atoms with Crippen LogP contribution in [0.25, 0.3) is 11.0 Å². The molecule has 0 radical (unpaired) electrons. The van der Waals surface area contributed by atoms with Crippen LogP contribution in [0.3, 0.4) is 0 Å². The number of anilines is 1. The summed E-state index contributed by atoms with van der Waals surface area (Å²) >= 11 is 11.9. The predicted molar refractivity (Wildman–Crippen MR) is 128 cm³/mol. The lowest BCUT2D eigenvalue weighted by molar-refractivity contribution is -0.145. The highest BCUT2D eigenvalue weighted by Gasteiger charge is 2.27. The molecule has 1 amide bonds. The highest BCUT2D eigenvalue weighted by molar-refractivity contribution is 6.18. The van der Waals surface area contributed by atoms with E-state index in [-0.39, 0.29) is 13.0 Å². The molecule has 1 atom stereocenters. The molecule has 1 heterocycles. The van der Waals surface area contributed by atoms with Crippen molar-refractivity contribution in [1.29, 1.82) is 0 Å².